The van der Waals surface area contributed by atoms with E-state index in [0.717, 1.165) is 0 Å². The van der Waals surface area contributed by atoms with E-state index in [1.807, 2.05) is 6.92 Å². The molecule has 0 bridgehead atoms. The van der Waals surface area contributed by atoms with E-state index >= 15 is 0 Å². The highest BCUT2D eigenvalue weighted by Gasteiger charge is 2.16. The van der Waals surface area contributed by atoms with Crippen molar-refractivity contribution in [3.63, 3.8) is 0 Å². The summed E-state index contributed by atoms with van der Waals surface area (Å²) in [6.45, 7) is 3.90. The van der Waals surface area contributed by atoms with Gasteiger partial charge in [-0.05, 0) is 56.3 Å². The first-order valence-electron chi connectivity index (χ1n) is 10.2. The van der Waals surface area contributed by atoms with Gasteiger partial charge < -0.3 is 9.84 Å². The number of ether oxygens (including phenoxy) is 1. The maximum Gasteiger partial charge on any atom is 0.265 e. The van der Waals surface area contributed by atoms with Gasteiger partial charge in [-0.15, -0.1) is 0 Å². The molecule has 32 heavy (non-hydrogen) atoms. The van der Waals surface area contributed by atoms with Gasteiger partial charge in [-0.2, -0.15) is 0 Å². The molecule has 1 heterocycles. The Morgan fingerprint density at radius 1 is 1.00 bits per heavy atom. The fraction of sp³-hybridized carbons (Fsp3) is 0.115. The van der Waals surface area contributed by atoms with Crippen molar-refractivity contribution in [2.24, 2.45) is 4.99 Å². The van der Waals surface area contributed by atoms with E-state index in [1.165, 1.54) is 17.7 Å². The fourth-order valence-electron chi connectivity index (χ4n) is 3.60. The second-order valence-corrected chi connectivity index (χ2v) is 7.18. The second-order valence-electron chi connectivity index (χ2n) is 7.18. The molecule has 0 saturated heterocycles. The number of rotatable bonds is 6. The summed E-state index contributed by atoms with van der Waals surface area (Å²) < 4.78 is 6.72. The summed E-state index contributed by atoms with van der Waals surface area (Å²) in [7, 11) is 0. The number of aromatic hydroxyl groups is 1. The molecule has 3 aromatic carbocycles. The van der Waals surface area contributed by atoms with Gasteiger partial charge in [0.15, 0.2) is 5.78 Å². The van der Waals surface area contributed by atoms with Gasteiger partial charge in [0.05, 0.1) is 23.5 Å². The van der Waals surface area contributed by atoms with Crippen LogP contribution in [0.2, 0.25) is 0 Å². The maximum atomic E-state index is 13.2. The molecule has 0 saturated carbocycles. The van der Waals surface area contributed by atoms with Crippen LogP contribution in [-0.4, -0.2) is 28.3 Å². The zero-order valence-electron chi connectivity index (χ0n) is 17.8. The van der Waals surface area contributed by atoms with Gasteiger partial charge >= 0.3 is 0 Å². The normalized spacial score (nSPS) is 11.2. The summed E-state index contributed by atoms with van der Waals surface area (Å²) >= 11 is 0. The molecule has 4 rings (SSSR count). The maximum absolute atomic E-state index is 13.2. The van der Waals surface area contributed by atoms with E-state index < -0.39 is 0 Å². The number of fused-ring (bicyclic) bond motifs is 1. The average Bonchev–Trinajstić information content (AvgIpc) is 2.80. The molecule has 4 aromatic rings. The minimum Gasteiger partial charge on any atom is -0.494 e. The third-order valence-electron chi connectivity index (χ3n) is 5.13. The molecule has 0 aliphatic rings. The number of hydrogen-bond donors (Lipinski definition) is 1. The molecule has 0 fully saturated rings. The number of carbonyl (C=O) groups is 1. The van der Waals surface area contributed by atoms with Crippen molar-refractivity contribution in [3.05, 3.63) is 94.3 Å². The molecule has 0 atom stereocenters. The van der Waals surface area contributed by atoms with Crippen LogP contribution < -0.4 is 10.3 Å². The monoisotopic (exact) mass is 426 g/mol. The fourth-order valence-corrected chi connectivity index (χ4v) is 3.60. The van der Waals surface area contributed by atoms with Gasteiger partial charge in [-0.1, -0.05) is 30.3 Å². The number of ketones is 1. The van der Waals surface area contributed by atoms with Gasteiger partial charge in [0.1, 0.15) is 5.75 Å². The van der Waals surface area contributed by atoms with E-state index in [1.54, 1.807) is 72.8 Å². The van der Waals surface area contributed by atoms with Crippen LogP contribution in [0.15, 0.2) is 82.6 Å². The largest absolute Gasteiger partial charge is 0.494 e. The molecular weight excluding hydrogens is 404 g/mol. The highest BCUT2D eigenvalue weighted by Crippen LogP contribution is 2.28. The van der Waals surface area contributed by atoms with E-state index in [2.05, 4.69) is 4.99 Å². The highest BCUT2D eigenvalue weighted by atomic mass is 16.5. The number of pyridine rings is 1. The van der Waals surface area contributed by atoms with Crippen molar-refractivity contribution in [1.29, 1.82) is 0 Å². The summed E-state index contributed by atoms with van der Waals surface area (Å²) in [5.74, 6) is 0.334. The average molecular weight is 426 g/mol. The zero-order valence-corrected chi connectivity index (χ0v) is 17.8. The van der Waals surface area contributed by atoms with Crippen LogP contribution in [0.1, 0.15) is 29.8 Å². The standard InChI is InChI=1S/C26H22N2O4/c1-3-32-19-14-12-18(13-15-19)28-25(30)22-10-5-4-9-21(22)23(26(28)31)16-27-24-11-7-6-8-20(24)17(2)29/h4-16,31H,3H2,1-2H3. The summed E-state index contributed by atoms with van der Waals surface area (Å²) in [4.78, 5) is 29.6. The molecular formula is C26H22N2O4. The number of aromatic nitrogens is 1. The first-order valence-corrected chi connectivity index (χ1v) is 10.2. The van der Waals surface area contributed by atoms with Gasteiger partial charge in [0.25, 0.3) is 5.56 Å². The van der Waals surface area contributed by atoms with Crippen LogP contribution in [0.4, 0.5) is 5.69 Å². The Labute approximate surface area is 185 Å². The Morgan fingerprint density at radius 2 is 1.66 bits per heavy atom. The van der Waals surface area contributed by atoms with E-state index in [0.29, 0.717) is 45.6 Å². The summed E-state index contributed by atoms with van der Waals surface area (Å²) in [5.41, 5.74) is 1.51. The lowest BCUT2D eigenvalue weighted by Crippen LogP contribution is -2.20. The first kappa shape index (κ1) is 21.1. The lowest BCUT2D eigenvalue weighted by atomic mass is 10.1. The summed E-state index contributed by atoms with van der Waals surface area (Å²) in [5, 5.41) is 12.1. The molecule has 6 nitrogen and oxygen atoms in total. The Balaban J connectivity index is 1.92. The Bertz CT molecular complexity index is 1390. The predicted molar refractivity (Wildman–Crippen MR) is 126 cm³/mol. The SMILES string of the molecule is CCOc1ccc(-n2c(O)c(C=Nc3ccccc3C(C)=O)c3ccccc3c2=O)cc1. The number of hydrogen-bond acceptors (Lipinski definition) is 5. The highest BCUT2D eigenvalue weighted by molar-refractivity contribution is 6.04. The molecule has 0 aliphatic heterocycles. The first-order chi connectivity index (χ1) is 15.5. The minimum atomic E-state index is -0.344. The van der Waals surface area contributed by atoms with Crippen LogP contribution in [0, 0.1) is 0 Å². The summed E-state index contributed by atoms with van der Waals surface area (Å²) in [6.07, 6.45) is 1.49. The van der Waals surface area contributed by atoms with Crippen LogP contribution in [0.3, 0.4) is 0 Å². The van der Waals surface area contributed by atoms with Gasteiger partial charge in [0, 0.05) is 22.6 Å². The zero-order chi connectivity index (χ0) is 22.7. The molecule has 160 valence electrons. The number of Topliss-reactive ketones (excluding diaryl/α,β-unsaturated/α-hetero) is 1. The molecule has 0 radical (unpaired) electrons. The summed E-state index contributed by atoms with van der Waals surface area (Å²) in [6, 6.07) is 21.0. The third kappa shape index (κ3) is 3.90. The molecule has 0 unspecified atom stereocenters. The molecule has 0 spiro atoms. The minimum absolute atomic E-state index is 0.105. The van der Waals surface area contributed by atoms with Gasteiger partial charge in [0.2, 0.25) is 5.88 Å². The van der Waals surface area contributed by atoms with E-state index in [-0.39, 0.29) is 17.2 Å². The molecule has 0 amide bonds. The Morgan fingerprint density at radius 3 is 2.34 bits per heavy atom. The molecule has 1 aromatic heterocycles. The number of benzene rings is 3. The number of para-hydroxylation sites is 1. The smallest absolute Gasteiger partial charge is 0.265 e. The van der Waals surface area contributed by atoms with Crippen LogP contribution in [0.5, 0.6) is 11.6 Å². The quantitative estimate of drug-likeness (QED) is 0.346. The van der Waals surface area contributed by atoms with E-state index in [9.17, 15) is 14.7 Å². The number of carbonyl (C=O) groups excluding carboxylic acids is 1. The predicted octanol–water partition coefficient (Wildman–Crippen LogP) is 5.05. The third-order valence-corrected chi connectivity index (χ3v) is 5.13. The number of aliphatic imine (C=N–C) groups is 1. The van der Waals surface area contributed by atoms with Crippen molar-refractivity contribution in [2.75, 3.05) is 6.61 Å². The van der Waals surface area contributed by atoms with Crippen molar-refractivity contribution in [1.82, 2.24) is 4.57 Å². The Kier molecular flexibility index (Phi) is 5.85. The lowest BCUT2D eigenvalue weighted by Gasteiger charge is -2.14. The van der Waals surface area contributed by atoms with E-state index in [4.69, 9.17) is 4.74 Å². The Hall–Kier alpha value is -4.19. The van der Waals surface area contributed by atoms with Crippen molar-refractivity contribution in [2.45, 2.75) is 13.8 Å². The van der Waals surface area contributed by atoms with Crippen LogP contribution in [0.25, 0.3) is 16.5 Å². The van der Waals surface area contributed by atoms with Crippen molar-refractivity contribution in [3.8, 4) is 17.3 Å². The molecule has 1 N–H and O–H groups in total. The molecule has 6 heteroatoms. The second kappa shape index (κ2) is 8.89. The van der Waals surface area contributed by atoms with Gasteiger partial charge in [-0.25, -0.2) is 4.57 Å². The number of nitrogens with zero attached hydrogens (tertiary/aromatic N) is 2. The van der Waals surface area contributed by atoms with Crippen molar-refractivity contribution >= 4 is 28.5 Å². The van der Waals surface area contributed by atoms with Crippen molar-refractivity contribution < 1.29 is 14.6 Å². The van der Waals surface area contributed by atoms with Gasteiger partial charge in [-0.3, -0.25) is 14.6 Å². The van der Waals surface area contributed by atoms with Crippen LogP contribution >= 0.6 is 0 Å². The lowest BCUT2D eigenvalue weighted by molar-refractivity contribution is 0.101. The van der Waals surface area contributed by atoms with Crippen LogP contribution in [-0.2, 0) is 0 Å². The molecule has 0 aliphatic carbocycles. The topological polar surface area (TPSA) is 80.9 Å².